The number of hydrogen-bond acceptors (Lipinski definition) is 8. The number of carbonyl (C=O) groups is 3. The van der Waals surface area contributed by atoms with E-state index >= 15 is 0 Å². The van der Waals surface area contributed by atoms with Gasteiger partial charge in [-0.25, -0.2) is 9.59 Å². The van der Waals surface area contributed by atoms with E-state index in [0.717, 1.165) is 10.5 Å². The Kier molecular flexibility index (Phi) is 6.16. The summed E-state index contributed by atoms with van der Waals surface area (Å²) in [5, 5.41) is 12.2. The second-order valence-corrected chi connectivity index (χ2v) is 8.86. The molecule has 0 spiro atoms. The molecule has 2 aliphatic heterocycles. The highest BCUT2D eigenvalue weighted by atomic mass is 32.2. The van der Waals surface area contributed by atoms with E-state index < -0.39 is 35.0 Å². The first-order valence-electron chi connectivity index (χ1n) is 9.27. The highest BCUT2D eigenvalue weighted by molar-refractivity contribution is 8.00. The maximum atomic E-state index is 12.6. The van der Waals surface area contributed by atoms with E-state index in [-0.39, 0.29) is 23.8 Å². The quantitative estimate of drug-likeness (QED) is 0.534. The Balaban J connectivity index is 1.63. The Bertz CT molecular complexity index is 876. The van der Waals surface area contributed by atoms with Crippen molar-refractivity contribution in [2.45, 2.75) is 44.4 Å². The molecule has 162 valence electrons. The molecule has 0 aliphatic carbocycles. The van der Waals surface area contributed by atoms with E-state index in [1.807, 2.05) is 0 Å². The largest absolute Gasteiger partial charge is 0.509 e. The number of alkyl carbamates (subject to hydrolysis) is 1. The van der Waals surface area contributed by atoms with Crippen LogP contribution in [0.4, 0.5) is 4.79 Å². The second kappa shape index (κ2) is 8.47. The molecule has 9 nitrogen and oxygen atoms in total. The van der Waals surface area contributed by atoms with Crippen molar-refractivity contribution in [2.24, 2.45) is 0 Å². The van der Waals surface area contributed by atoms with E-state index in [1.54, 1.807) is 52.1 Å². The molecule has 2 atom stereocenters. The summed E-state index contributed by atoms with van der Waals surface area (Å²) >= 11 is 1.24. The smallest absolute Gasteiger partial charge is 0.408 e. The van der Waals surface area contributed by atoms with Crippen molar-refractivity contribution in [3.05, 3.63) is 41.3 Å². The molecular weight excluding hydrogens is 412 g/mol. The number of thioether (sulfide) groups is 1. The first-order chi connectivity index (χ1) is 14.1. The van der Waals surface area contributed by atoms with E-state index in [9.17, 15) is 19.5 Å². The first-order valence-corrected chi connectivity index (χ1v) is 10.3. The van der Waals surface area contributed by atoms with Crippen LogP contribution >= 0.6 is 11.8 Å². The van der Waals surface area contributed by atoms with Crippen molar-refractivity contribution in [1.82, 2.24) is 10.2 Å². The lowest BCUT2D eigenvalue weighted by Crippen LogP contribution is -2.70. The van der Waals surface area contributed by atoms with Gasteiger partial charge in [0, 0.05) is 0 Å². The van der Waals surface area contributed by atoms with Crippen LogP contribution in [0.15, 0.2) is 35.7 Å². The first kappa shape index (κ1) is 21.8. The molecule has 10 heteroatoms. The van der Waals surface area contributed by atoms with Crippen LogP contribution < -0.4 is 10.1 Å². The van der Waals surface area contributed by atoms with Crippen molar-refractivity contribution in [1.29, 1.82) is 0 Å². The Hall–Kier alpha value is -2.88. The summed E-state index contributed by atoms with van der Waals surface area (Å²) in [6, 6.07) is 6.12. The fourth-order valence-electron chi connectivity index (χ4n) is 2.97. The zero-order chi connectivity index (χ0) is 22.1. The molecule has 1 aromatic carbocycles. The lowest BCUT2D eigenvalue weighted by Gasteiger charge is -2.48. The van der Waals surface area contributed by atoms with Gasteiger partial charge in [-0.1, -0.05) is 12.1 Å². The van der Waals surface area contributed by atoms with Gasteiger partial charge in [0.25, 0.3) is 5.91 Å². The minimum Gasteiger partial charge on any atom is -0.509 e. The van der Waals surface area contributed by atoms with Crippen molar-refractivity contribution in [3.8, 4) is 5.75 Å². The van der Waals surface area contributed by atoms with Gasteiger partial charge in [-0.2, -0.15) is 0 Å². The van der Waals surface area contributed by atoms with Crippen LogP contribution in [0.3, 0.4) is 0 Å². The number of carbonyl (C=O) groups excluding carboxylic acids is 3. The van der Waals surface area contributed by atoms with Gasteiger partial charge in [0.2, 0.25) is 0 Å². The van der Waals surface area contributed by atoms with Crippen LogP contribution in [0.2, 0.25) is 0 Å². The third kappa shape index (κ3) is 4.64. The standard InChI is InChI=1S/C20H24N2O7S/c1-20(2,3)29-19(26)21-14-16(24)22-15(13(23)10-30-17(14)22)18(25)28-9-11-5-7-12(27-4)8-6-11/h5-8,14,17,23H,9-10H2,1-4H3,(H,21,26). The number of rotatable bonds is 5. The molecule has 2 aliphatic rings. The van der Waals surface area contributed by atoms with E-state index in [1.165, 1.54) is 11.8 Å². The molecule has 0 saturated carbocycles. The van der Waals surface area contributed by atoms with Crippen molar-refractivity contribution < 1.29 is 33.7 Å². The number of aliphatic hydroxyl groups excluding tert-OH is 1. The molecule has 30 heavy (non-hydrogen) atoms. The number of esters is 1. The number of benzene rings is 1. The molecule has 2 heterocycles. The van der Waals surface area contributed by atoms with Crippen molar-refractivity contribution in [3.63, 3.8) is 0 Å². The fraction of sp³-hybridized carbons (Fsp3) is 0.450. The number of amides is 2. The summed E-state index contributed by atoms with van der Waals surface area (Å²) in [6.07, 6.45) is -0.719. The van der Waals surface area contributed by atoms with E-state index in [4.69, 9.17) is 14.2 Å². The summed E-state index contributed by atoms with van der Waals surface area (Å²) in [4.78, 5) is 38.3. The number of nitrogens with zero attached hydrogens (tertiary/aromatic N) is 1. The molecule has 1 saturated heterocycles. The van der Waals surface area contributed by atoms with Gasteiger partial charge in [0.1, 0.15) is 35.1 Å². The van der Waals surface area contributed by atoms with Gasteiger partial charge in [-0.05, 0) is 38.5 Å². The monoisotopic (exact) mass is 436 g/mol. The van der Waals surface area contributed by atoms with Gasteiger partial charge in [-0.3, -0.25) is 9.69 Å². The van der Waals surface area contributed by atoms with Gasteiger partial charge in [0.05, 0.1) is 12.9 Å². The highest BCUT2D eigenvalue weighted by Crippen LogP contribution is 2.40. The SMILES string of the molecule is COc1ccc(COC(=O)C2=C(O)CSC3C(NC(=O)OC(C)(C)C)C(=O)N23)cc1. The molecule has 1 fully saturated rings. The zero-order valence-electron chi connectivity index (χ0n) is 17.1. The van der Waals surface area contributed by atoms with Gasteiger partial charge in [-0.15, -0.1) is 11.8 Å². The minimum atomic E-state index is -0.845. The average molecular weight is 436 g/mol. The summed E-state index contributed by atoms with van der Waals surface area (Å²) < 4.78 is 15.5. The lowest BCUT2D eigenvalue weighted by atomic mass is 10.1. The Morgan fingerprint density at radius 3 is 2.53 bits per heavy atom. The maximum absolute atomic E-state index is 12.6. The average Bonchev–Trinajstić information content (AvgIpc) is 2.69. The number of ether oxygens (including phenoxy) is 3. The zero-order valence-corrected chi connectivity index (χ0v) is 17.9. The highest BCUT2D eigenvalue weighted by Gasteiger charge is 2.55. The predicted octanol–water partition coefficient (Wildman–Crippen LogP) is 2.32. The molecule has 1 aromatic rings. The third-order valence-electron chi connectivity index (χ3n) is 4.34. The minimum absolute atomic E-state index is 0.0287. The Morgan fingerprint density at radius 1 is 1.27 bits per heavy atom. The van der Waals surface area contributed by atoms with Crippen LogP contribution in [-0.2, 0) is 25.7 Å². The fourth-order valence-corrected chi connectivity index (χ4v) is 4.17. The van der Waals surface area contributed by atoms with Crippen LogP contribution in [0.25, 0.3) is 0 Å². The Labute approximate surface area is 178 Å². The molecule has 0 radical (unpaired) electrons. The molecule has 0 bridgehead atoms. The van der Waals surface area contributed by atoms with E-state index in [0.29, 0.717) is 5.75 Å². The summed E-state index contributed by atoms with van der Waals surface area (Å²) in [5.41, 5.74) is -0.171. The number of aliphatic hydroxyl groups is 1. The Morgan fingerprint density at radius 2 is 1.93 bits per heavy atom. The summed E-state index contributed by atoms with van der Waals surface area (Å²) in [5.74, 6) is -0.764. The molecule has 2 N–H and O–H groups in total. The van der Waals surface area contributed by atoms with Crippen molar-refractivity contribution >= 4 is 29.7 Å². The van der Waals surface area contributed by atoms with Crippen LogP contribution in [-0.4, -0.2) is 57.9 Å². The van der Waals surface area contributed by atoms with Crippen LogP contribution in [0.5, 0.6) is 5.75 Å². The lowest BCUT2D eigenvalue weighted by molar-refractivity contribution is -0.152. The number of methoxy groups -OCH3 is 1. The van der Waals surface area contributed by atoms with Crippen LogP contribution in [0, 0.1) is 0 Å². The summed E-state index contributed by atoms with van der Waals surface area (Å²) in [7, 11) is 1.55. The van der Waals surface area contributed by atoms with Gasteiger partial charge in [0.15, 0.2) is 5.70 Å². The van der Waals surface area contributed by atoms with Crippen LogP contribution in [0.1, 0.15) is 26.3 Å². The van der Waals surface area contributed by atoms with E-state index in [2.05, 4.69) is 5.32 Å². The topological polar surface area (TPSA) is 114 Å². The summed E-state index contributed by atoms with van der Waals surface area (Å²) in [6.45, 7) is 5.12. The number of hydrogen-bond donors (Lipinski definition) is 2. The normalized spacial score (nSPS) is 20.8. The van der Waals surface area contributed by atoms with Gasteiger partial charge < -0.3 is 24.6 Å². The predicted molar refractivity (Wildman–Crippen MR) is 109 cm³/mol. The number of β-lactam (4-membered cyclic amide) rings is 1. The number of nitrogens with one attached hydrogen (secondary N) is 1. The second-order valence-electron chi connectivity index (χ2n) is 7.75. The maximum Gasteiger partial charge on any atom is 0.408 e. The number of fused-ring (bicyclic) bond motifs is 1. The van der Waals surface area contributed by atoms with Gasteiger partial charge >= 0.3 is 12.1 Å². The molecule has 3 rings (SSSR count). The molecule has 2 unspecified atom stereocenters. The molecule has 2 amide bonds. The molecule has 0 aromatic heterocycles. The third-order valence-corrected chi connectivity index (χ3v) is 5.61. The van der Waals surface area contributed by atoms with Crippen molar-refractivity contribution in [2.75, 3.05) is 12.9 Å². The molecular formula is C20H24N2O7S.